The second kappa shape index (κ2) is 4.87. The van der Waals surface area contributed by atoms with Crippen molar-refractivity contribution in [3.63, 3.8) is 0 Å². The fraction of sp³-hybridized carbons (Fsp3) is 0.455. The van der Waals surface area contributed by atoms with Gasteiger partial charge < -0.3 is 10.0 Å². The number of likely N-dealkylation sites (N-methyl/N-ethyl adjacent to an activating group) is 1. The molecule has 0 saturated heterocycles. The van der Waals surface area contributed by atoms with E-state index in [9.17, 15) is 0 Å². The van der Waals surface area contributed by atoms with Gasteiger partial charge in [0, 0.05) is 18.8 Å². The molecule has 0 saturated carbocycles. The highest BCUT2D eigenvalue weighted by Crippen LogP contribution is 2.13. The second-order valence-corrected chi connectivity index (χ2v) is 3.14. The van der Waals surface area contributed by atoms with Crippen LogP contribution in [0.25, 0.3) is 0 Å². The Hall–Kier alpha value is -1.02. The largest absolute Gasteiger partial charge is 0.395 e. The molecule has 2 nitrogen and oxygen atoms in total. The van der Waals surface area contributed by atoms with E-state index in [-0.39, 0.29) is 6.61 Å². The van der Waals surface area contributed by atoms with Crippen molar-refractivity contribution < 1.29 is 5.11 Å². The Morgan fingerprint density at radius 2 is 1.85 bits per heavy atom. The van der Waals surface area contributed by atoms with Gasteiger partial charge in [-0.3, -0.25) is 0 Å². The number of hydrogen-bond acceptors (Lipinski definition) is 2. The lowest BCUT2D eigenvalue weighted by Gasteiger charge is -2.21. The monoisotopic (exact) mass is 179 g/mol. The van der Waals surface area contributed by atoms with Crippen molar-refractivity contribution >= 4 is 5.69 Å². The molecule has 1 aromatic carbocycles. The third-order valence-corrected chi connectivity index (χ3v) is 2.15. The van der Waals surface area contributed by atoms with Crippen LogP contribution in [0.4, 0.5) is 5.69 Å². The van der Waals surface area contributed by atoms with E-state index in [0.29, 0.717) is 6.54 Å². The number of nitrogens with zero attached hydrogens (tertiary/aromatic N) is 1. The number of rotatable bonds is 4. The molecule has 0 fully saturated rings. The lowest BCUT2D eigenvalue weighted by atomic mass is 10.2. The molecule has 0 aromatic heterocycles. The van der Waals surface area contributed by atoms with E-state index < -0.39 is 0 Å². The average Bonchev–Trinajstić information content (AvgIpc) is 2.16. The zero-order chi connectivity index (χ0) is 9.68. The van der Waals surface area contributed by atoms with Crippen molar-refractivity contribution in [2.75, 3.05) is 24.6 Å². The van der Waals surface area contributed by atoms with Gasteiger partial charge in [-0.2, -0.15) is 0 Å². The number of aliphatic hydroxyl groups is 1. The van der Waals surface area contributed by atoms with E-state index in [0.717, 1.165) is 6.54 Å². The normalized spacial score (nSPS) is 10.1. The van der Waals surface area contributed by atoms with Gasteiger partial charge in [0.1, 0.15) is 0 Å². The minimum absolute atomic E-state index is 0.210. The number of aryl methyl sites for hydroxylation is 1. The zero-order valence-electron chi connectivity index (χ0n) is 8.33. The molecular weight excluding hydrogens is 162 g/mol. The molecule has 2 heteroatoms. The predicted octanol–water partition coefficient (Wildman–Crippen LogP) is 1.81. The van der Waals surface area contributed by atoms with Crippen molar-refractivity contribution in [2.24, 2.45) is 0 Å². The maximum Gasteiger partial charge on any atom is 0.0606 e. The Balaban J connectivity index is 2.73. The lowest BCUT2D eigenvalue weighted by molar-refractivity contribution is 0.302. The van der Waals surface area contributed by atoms with Gasteiger partial charge in [-0.05, 0) is 26.0 Å². The third kappa shape index (κ3) is 2.74. The quantitative estimate of drug-likeness (QED) is 0.762. The third-order valence-electron chi connectivity index (χ3n) is 2.15. The summed E-state index contributed by atoms with van der Waals surface area (Å²) in [5.74, 6) is 0. The molecule has 0 spiro atoms. The number of hydrogen-bond donors (Lipinski definition) is 1. The summed E-state index contributed by atoms with van der Waals surface area (Å²) in [4.78, 5) is 2.15. The molecule has 0 aliphatic heterocycles. The second-order valence-electron chi connectivity index (χ2n) is 3.14. The molecule has 13 heavy (non-hydrogen) atoms. The SMILES string of the molecule is CCN(CCO)c1ccc(C)cc1. The maximum atomic E-state index is 8.84. The molecule has 72 valence electrons. The number of aliphatic hydroxyl groups excluding tert-OH is 1. The Labute approximate surface area is 79.8 Å². The molecule has 0 amide bonds. The molecule has 0 atom stereocenters. The molecule has 1 aromatic rings. The van der Waals surface area contributed by atoms with Gasteiger partial charge >= 0.3 is 0 Å². The minimum atomic E-state index is 0.210. The Morgan fingerprint density at radius 1 is 1.23 bits per heavy atom. The summed E-state index contributed by atoms with van der Waals surface area (Å²) in [6.07, 6.45) is 0. The van der Waals surface area contributed by atoms with E-state index in [4.69, 9.17) is 5.11 Å². The van der Waals surface area contributed by atoms with Crippen LogP contribution in [0.1, 0.15) is 12.5 Å². The van der Waals surface area contributed by atoms with Crippen molar-refractivity contribution in [1.82, 2.24) is 0 Å². The topological polar surface area (TPSA) is 23.5 Å². The predicted molar refractivity (Wildman–Crippen MR) is 56.2 cm³/mol. The van der Waals surface area contributed by atoms with Crippen LogP contribution in [-0.2, 0) is 0 Å². The number of anilines is 1. The summed E-state index contributed by atoms with van der Waals surface area (Å²) in [6, 6.07) is 8.37. The van der Waals surface area contributed by atoms with Gasteiger partial charge in [-0.25, -0.2) is 0 Å². The highest BCUT2D eigenvalue weighted by molar-refractivity contribution is 5.47. The van der Waals surface area contributed by atoms with Crippen LogP contribution in [0.5, 0.6) is 0 Å². The smallest absolute Gasteiger partial charge is 0.0606 e. The number of benzene rings is 1. The maximum absolute atomic E-state index is 8.84. The Kier molecular flexibility index (Phi) is 3.77. The summed E-state index contributed by atoms with van der Waals surface area (Å²) in [5.41, 5.74) is 2.45. The van der Waals surface area contributed by atoms with E-state index in [1.807, 2.05) is 0 Å². The molecule has 1 N–H and O–H groups in total. The molecule has 0 heterocycles. The first-order chi connectivity index (χ1) is 6.27. The van der Waals surface area contributed by atoms with Crippen molar-refractivity contribution in [3.8, 4) is 0 Å². The van der Waals surface area contributed by atoms with Crippen LogP contribution in [0.2, 0.25) is 0 Å². The molecular formula is C11H17NO. The van der Waals surface area contributed by atoms with E-state index >= 15 is 0 Å². The fourth-order valence-corrected chi connectivity index (χ4v) is 1.35. The van der Waals surface area contributed by atoms with E-state index in [1.54, 1.807) is 0 Å². The Bertz CT molecular complexity index is 243. The molecule has 0 aliphatic rings. The van der Waals surface area contributed by atoms with Gasteiger partial charge in [-0.1, -0.05) is 17.7 Å². The lowest BCUT2D eigenvalue weighted by Crippen LogP contribution is -2.25. The van der Waals surface area contributed by atoms with Gasteiger partial charge in [0.25, 0.3) is 0 Å². The fourth-order valence-electron chi connectivity index (χ4n) is 1.35. The van der Waals surface area contributed by atoms with Gasteiger partial charge in [-0.15, -0.1) is 0 Å². The van der Waals surface area contributed by atoms with Crippen LogP contribution in [0, 0.1) is 6.92 Å². The van der Waals surface area contributed by atoms with Crippen molar-refractivity contribution in [2.45, 2.75) is 13.8 Å². The van der Waals surface area contributed by atoms with Crippen LogP contribution < -0.4 is 4.90 Å². The zero-order valence-corrected chi connectivity index (χ0v) is 8.33. The van der Waals surface area contributed by atoms with Crippen molar-refractivity contribution in [3.05, 3.63) is 29.8 Å². The standard InChI is InChI=1S/C11H17NO/c1-3-12(8-9-13)11-6-4-10(2)5-7-11/h4-7,13H,3,8-9H2,1-2H3. The van der Waals surface area contributed by atoms with Crippen LogP contribution in [-0.4, -0.2) is 24.8 Å². The summed E-state index contributed by atoms with van der Waals surface area (Å²) in [5, 5.41) is 8.84. The molecule has 1 rings (SSSR count). The summed E-state index contributed by atoms with van der Waals surface area (Å²) in [6.45, 7) is 6.02. The van der Waals surface area contributed by atoms with Crippen molar-refractivity contribution in [1.29, 1.82) is 0 Å². The first kappa shape index (κ1) is 10.1. The van der Waals surface area contributed by atoms with Gasteiger partial charge in [0.2, 0.25) is 0 Å². The summed E-state index contributed by atoms with van der Waals surface area (Å²) < 4.78 is 0. The van der Waals surface area contributed by atoms with Crippen LogP contribution in [0.15, 0.2) is 24.3 Å². The molecule has 0 aliphatic carbocycles. The first-order valence-corrected chi connectivity index (χ1v) is 4.70. The Morgan fingerprint density at radius 3 is 2.31 bits per heavy atom. The van der Waals surface area contributed by atoms with Crippen LogP contribution in [0.3, 0.4) is 0 Å². The average molecular weight is 179 g/mol. The highest BCUT2D eigenvalue weighted by Gasteiger charge is 2.01. The van der Waals surface area contributed by atoms with Gasteiger partial charge in [0.15, 0.2) is 0 Å². The molecule has 0 radical (unpaired) electrons. The summed E-state index contributed by atoms with van der Waals surface area (Å²) >= 11 is 0. The van der Waals surface area contributed by atoms with E-state index in [1.165, 1.54) is 11.3 Å². The minimum Gasteiger partial charge on any atom is -0.395 e. The van der Waals surface area contributed by atoms with Crippen LogP contribution >= 0.6 is 0 Å². The van der Waals surface area contributed by atoms with Gasteiger partial charge in [0.05, 0.1) is 6.61 Å². The highest BCUT2D eigenvalue weighted by atomic mass is 16.3. The molecule has 0 bridgehead atoms. The van der Waals surface area contributed by atoms with E-state index in [2.05, 4.69) is 43.0 Å². The molecule has 0 unspecified atom stereocenters. The summed E-state index contributed by atoms with van der Waals surface area (Å²) in [7, 11) is 0. The first-order valence-electron chi connectivity index (χ1n) is 4.70.